The molecule has 0 heterocycles. The van der Waals surface area contributed by atoms with Crippen LogP contribution in [0.4, 0.5) is 0 Å². The van der Waals surface area contributed by atoms with Crippen LogP contribution in [0.2, 0.25) is 0 Å². The van der Waals surface area contributed by atoms with Gasteiger partial charge in [-0.05, 0) is 24.6 Å². The van der Waals surface area contributed by atoms with Gasteiger partial charge in [-0.3, -0.25) is 9.59 Å². The fraction of sp³-hybridized carbons (Fsp3) is 0.333. The first-order valence-electron chi connectivity index (χ1n) is 5.54. The third-order valence-electron chi connectivity index (χ3n) is 2.65. The quantitative estimate of drug-likeness (QED) is 0.792. The number of nitrogens with two attached hydrogens (primary N) is 1. The Balaban J connectivity index is 2.92. The van der Waals surface area contributed by atoms with Crippen LogP contribution in [-0.2, 0) is 20.4 Å². The largest absolute Gasteiger partial charge is 0.481 e. The third-order valence-corrected chi connectivity index (χ3v) is 4.78. The Hall–Kier alpha value is -1.89. The van der Waals surface area contributed by atoms with Crippen molar-refractivity contribution in [3.63, 3.8) is 0 Å². The summed E-state index contributed by atoms with van der Waals surface area (Å²) in [5.41, 5.74) is 5.74. The highest BCUT2D eigenvalue weighted by Crippen LogP contribution is 2.15. The van der Waals surface area contributed by atoms with Crippen molar-refractivity contribution < 1.29 is 23.1 Å². The molecule has 1 unspecified atom stereocenters. The molecule has 7 heteroatoms. The number of carbonyl (C=O) groups excluding carboxylic acids is 1. The first-order chi connectivity index (χ1) is 8.72. The van der Waals surface area contributed by atoms with Gasteiger partial charge in [0, 0.05) is 5.56 Å². The molecule has 0 saturated heterocycles. The summed E-state index contributed by atoms with van der Waals surface area (Å²) in [6, 6.07) is 5.97. The minimum absolute atomic E-state index is 0.221. The van der Waals surface area contributed by atoms with Crippen LogP contribution in [0.3, 0.4) is 0 Å². The van der Waals surface area contributed by atoms with E-state index in [1.54, 1.807) is 6.07 Å². The number of carboxylic acids is 1. The second-order valence-corrected chi connectivity index (χ2v) is 6.70. The Bertz CT molecular complexity index is 594. The lowest BCUT2D eigenvalue weighted by Crippen LogP contribution is -2.23. The monoisotopic (exact) mass is 285 g/mol. The number of primary amides is 1. The van der Waals surface area contributed by atoms with Crippen LogP contribution in [-0.4, -0.2) is 30.7 Å². The second-order valence-electron chi connectivity index (χ2n) is 4.28. The number of aliphatic carboxylic acids is 1. The molecule has 1 atom stereocenters. The van der Waals surface area contributed by atoms with E-state index >= 15 is 0 Å². The Morgan fingerprint density at radius 2 is 2.00 bits per heavy atom. The minimum atomic E-state index is -3.58. The molecule has 0 spiro atoms. The number of hydrogen-bond acceptors (Lipinski definition) is 4. The molecule has 0 aromatic heterocycles. The predicted molar refractivity (Wildman–Crippen MR) is 69.3 cm³/mol. The van der Waals surface area contributed by atoms with Gasteiger partial charge in [0.05, 0.1) is 17.4 Å². The van der Waals surface area contributed by atoms with E-state index < -0.39 is 33.4 Å². The minimum Gasteiger partial charge on any atom is -0.481 e. The van der Waals surface area contributed by atoms with Gasteiger partial charge in [0.2, 0.25) is 5.91 Å². The molecular weight excluding hydrogens is 270 g/mol. The summed E-state index contributed by atoms with van der Waals surface area (Å²) in [6.45, 7) is 1.35. The normalized spacial score (nSPS) is 12.9. The third kappa shape index (κ3) is 4.36. The number of hydrogen-bond donors (Lipinski definition) is 2. The summed E-state index contributed by atoms with van der Waals surface area (Å²) in [7, 11) is -3.58. The highest BCUT2D eigenvalue weighted by Gasteiger charge is 2.23. The molecule has 1 amide bonds. The maximum atomic E-state index is 11.9. The number of carboxylic acid groups (broad SMARTS) is 1. The average molecular weight is 285 g/mol. The van der Waals surface area contributed by atoms with Crippen molar-refractivity contribution in [2.24, 2.45) is 5.73 Å². The lowest BCUT2D eigenvalue weighted by atomic mass is 10.1. The van der Waals surface area contributed by atoms with E-state index in [1.807, 2.05) is 0 Å². The van der Waals surface area contributed by atoms with E-state index in [2.05, 4.69) is 0 Å². The Morgan fingerprint density at radius 1 is 1.37 bits per heavy atom. The first-order valence-corrected chi connectivity index (χ1v) is 7.26. The molecule has 0 radical (unpaired) electrons. The van der Waals surface area contributed by atoms with Gasteiger partial charge in [0.1, 0.15) is 0 Å². The molecule has 6 nitrogen and oxygen atoms in total. The Morgan fingerprint density at radius 3 is 2.53 bits per heavy atom. The number of amides is 1. The van der Waals surface area contributed by atoms with Crippen molar-refractivity contribution >= 4 is 21.7 Å². The van der Waals surface area contributed by atoms with Crippen LogP contribution in [0.25, 0.3) is 0 Å². The van der Waals surface area contributed by atoms with E-state index in [1.165, 1.54) is 25.1 Å². The Kier molecular flexibility index (Phi) is 4.66. The topological polar surface area (TPSA) is 115 Å². The van der Waals surface area contributed by atoms with Crippen molar-refractivity contribution in [3.8, 4) is 0 Å². The zero-order chi connectivity index (χ0) is 14.6. The molecule has 3 N–H and O–H groups in total. The van der Waals surface area contributed by atoms with E-state index in [4.69, 9.17) is 10.8 Å². The summed E-state index contributed by atoms with van der Waals surface area (Å²) in [6.07, 6.45) is -0.447. The van der Waals surface area contributed by atoms with Crippen LogP contribution < -0.4 is 5.73 Å². The van der Waals surface area contributed by atoms with Crippen LogP contribution in [0.1, 0.15) is 29.3 Å². The number of benzene rings is 1. The molecule has 0 aliphatic carbocycles. The van der Waals surface area contributed by atoms with Gasteiger partial charge in [-0.15, -0.1) is 0 Å². The van der Waals surface area contributed by atoms with Crippen LogP contribution in [0.5, 0.6) is 0 Å². The van der Waals surface area contributed by atoms with Crippen molar-refractivity contribution in [1.82, 2.24) is 0 Å². The standard InChI is InChI=1S/C12H15NO5S/c1-8(5-11(14)15)19(17,18)7-9-3-2-4-10(6-9)12(13)16/h2-4,6,8H,5,7H2,1H3,(H2,13,16)(H,14,15). The van der Waals surface area contributed by atoms with Crippen molar-refractivity contribution in [1.29, 1.82) is 0 Å². The van der Waals surface area contributed by atoms with E-state index in [-0.39, 0.29) is 11.3 Å². The average Bonchev–Trinajstić information content (AvgIpc) is 2.27. The van der Waals surface area contributed by atoms with Gasteiger partial charge >= 0.3 is 5.97 Å². The zero-order valence-electron chi connectivity index (χ0n) is 10.4. The smallest absolute Gasteiger partial charge is 0.304 e. The van der Waals surface area contributed by atoms with Crippen molar-refractivity contribution in [3.05, 3.63) is 35.4 Å². The summed E-state index contributed by atoms with van der Waals surface area (Å²) in [4.78, 5) is 21.5. The van der Waals surface area contributed by atoms with Gasteiger partial charge < -0.3 is 10.8 Å². The van der Waals surface area contributed by atoms with Crippen LogP contribution in [0.15, 0.2) is 24.3 Å². The molecule has 0 bridgehead atoms. The molecule has 19 heavy (non-hydrogen) atoms. The lowest BCUT2D eigenvalue weighted by Gasteiger charge is -2.11. The molecule has 1 rings (SSSR count). The maximum Gasteiger partial charge on any atom is 0.304 e. The van der Waals surface area contributed by atoms with Gasteiger partial charge in [0.15, 0.2) is 9.84 Å². The summed E-state index contributed by atoms with van der Waals surface area (Å²) >= 11 is 0. The highest BCUT2D eigenvalue weighted by atomic mass is 32.2. The van der Waals surface area contributed by atoms with E-state index in [0.717, 1.165) is 0 Å². The Labute approximate surface area is 111 Å². The van der Waals surface area contributed by atoms with E-state index in [0.29, 0.717) is 5.56 Å². The maximum absolute atomic E-state index is 11.9. The summed E-state index contributed by atoms with van der Waals surface area (Å²) < 4.78 is 23.9. The van der Waals surface area contributed by atoms with Gasteiger partial charge in [-0.1, -0.05) is 12.1 Å². The van der Waals surface area contributed by atoms with Crippen LogP contribution >= 0.6 is 0 Å². The van der Waals surface area contributed by atoms with Gasteiger partial charge in [0.25, 0.3) is 0 Å². The van der Waals surface area contributed by atoms with Gasteiger partial charge in [-0.2, -0.15) is 0 Å². The zero-order valence-corrected chi connectivity index (χ0v) is 11.2. The number of rotatable bonds is 6. The van der Waals surface area contributed by atoms with E-state index in [9.17, 15) is 18.0 Å². The fourth-order valence-electron chi connectivity index (χ4n) is 1.56. The molecule has 1 aromatic rings. The second kappa shape index (κ2) is 5.83. The summed E-state index contributed by atoms with van der Waals surface area (Å²) in [5, 5.41) is 7.62. The number of sulfone groups is 1. The van der Waals surface area contributed by atoms with Crippen molar-refractivity contribution in [2.75, 3.05) is 0 Å². The lowest BCUT2D eigenvalue weighted by molar-refractivity contribution is -0.136. The molecule has 104 valence electrons. The molecule has 0 aliphatic heterocycles. The summed E-state index contributed by atoms with van der Waals surface area (Å²) in [5.74, 6) is -2.12. The van der Waals surface area contributed by atoms with Crippen LogP contribution in [0, 0.1) is 0 Å². The first kappa shape index (κ1) is 15.2. The molecule has 0 fully saturated rings. The highest BCUT2D eigenvalue weighted by molar-refractivity contribution is 7.91. The molecule has 0 saturated carbocycles. The predicted octanol–water partition coefficient (Wildman–Crippen LogP) is 0.564. The van der Waals surface area contributed by atoms with Crippen molar-refractivity contribution in [2.45, 2.75) is 24.3 Å². The SMILES string of the molecule is CC(CC(=O)O)S(=O)(=O)Cc1cccc(C(N)=O)c1. The number of carbonyl (C=O) groups is 2. The molecular formula is C12H15NO5S. The molecule has 0 aliphatic rings. The molecule has 1 aromatic carbocycles. The van der Waals surface area contributed by atoms with Gasteiger partial charge in [-0.25, -0.2) is 8.42 Å². The fourth-order valence-corrected chi connectivity index (χ4v) is 2.89.